The van der Waals surface area contributed by atoms with Gasteiger partial charge in [0.15, 0.2) is 17.4 Å². The first-order valence-electron chi connectivity index (χ1n) is 8.95. The molecule has 0 radical (unpaired) electrons. The number of fused-ring (bicyclic) bond motifs is 1. The van der Waals surface area contributed by atoms with Crippen LogP contribution in [0.25, 0.3) is 11.2 Å². The fourth-order valence-corrected chi connectivity index (χ4v) is 3.03. The van der Waals surface area contributed by atoms with E-state index in [0.29, 0.717) is 23.5 Å². The minimum atomic E-state index is -1.23. The Hall–Kier alpha value is -2.30. The van der Waals surface area contributed by atoms with Gasteiger partial charge in [0.2, 0.25) is 5.88 Å². The molecule has 10 heteroatoms. The highest BCUT2D eigenvalue weighted by Crippen LogP contribution is 2.32. The van der Waals surface area contributed by atoms with E-state index in [2.05, 4.69) is 21.9 Å². The molecule has 148 valence electrons. The predicted molar refractivity (Wildman–Crippen MR) is 92.9 cm³/mol. The molecule has 0 spiro atoms. The summed E-state index contributed by atoms with van der Waals surface area (Å²) in [6.45, 7) is 1.92. The second kappa shape index (κ2) is 8.59. The standard InChI is InChI=1S/C17H24N4O6/c1-3-4-5-6-11(22)26-7-10-13(23)14(24)17(27-10)21-9-20-12-15(21)18-8-19-16(12)25-2/h8-10,13-14,17,23-24H,3-7H2,1-2H3/t10-,13-,14+,17-/m1/s1. The highest BCUT2D eigenvalue weighted by atomic mass is 16.6. The number of ether oxygens (including phenoxy) is 3. The van der Waals surface area contributed by atoms with Gasteiger partial charge in [0, 0.05) is 6.42 Å². The van der Waals surface area contributed by atoms with E-state index in [1.54, 1.807) is 0 Å². The minimum Gasteiger partial charge on any atom is -0.479 e. The van der Waals surface area contributed by atoms with Gasteiger partial charge in [0.25, 0.3) is 0 Å². The second-order valence-electron chi connectivity index (χ2n) is 6.39. The Labute approximate surface area is 156 Å². The zero-order valence-electron chi connectivity index (χ0n) is 15.3. The van der Waals surface area contributed by atoms with Crippen molar-refractivity contribution in [3.63, 3.8) is 0 Å². The lowest BCUT2D eigenvalue weighted by Crippen LogP contribution is -2.34. The van der Waals surface area contributed by atoms with Crippen molar-refractivity contribution in [2.45, 2.75) is 57.1 Å². The minimum absolute atomic E-state index is 0.134. The summed E-state index contributed by atoms with van der Waals surface area (Å²) < 4.78 is 17.5. The lowest BCUT2D eigenvalue weighted by Gasteiger charge is -2.16. The van der Waals surface area contributed by atoms with Gasteiger partial charge >= 0.3 is 5.97 Å². The van der Waals surface area contributed by atoms with Gasteiger partial charge in [-0.15, -0.1) is 0 Å². The first-order valence-corrected chi connectivity index (χ1v) is 8.95. The zero-order valence-corrected chi connectivity index (χ0v) is 15.3. The Kier molecular flexibility index (Phi) is 6.19. The number of hydrogen-bond donors (Lipinski definition) is 2. The van der Waals surface area contributed by atoms with E-state index < -0.39 is 24.5 Å². The van der Waals surface area contributed by atoms with E-state index >= 15 is 0 Å². The highest BCUT2D eigenvalue weighted by Gasteiger charge is 2.45. The van der Waals surface area contributed by atoms with Crippen molar-refractivity contribution in [1.29, 1.82) is 0 Å². The van der Waals surface area contributed by atoms with Crippen LogP contribution in [0.4, 0.5) is 0 Å². The molecule has 0 unspecified atom stereocenters. The van der Waals surface area contributed by atoms with Crippen LogP contribution in [-0.2, 0) is 14.3 Å². The molecule has 10 nitrogen and oxygen atoms in total. The maximum atomic E-state index is 11.8. The molecular weight excluding hydrogens is 356 g/mol. The summed E-state index contributed by atoms with van der Waals surface area (Å²) in [6.07, 6.45) is 1.59. The fourth-order valence-electron chi connectivity index (χ4n) is 3.03. The van der Waals surface area contributed by atoms with Crippen LogP contribution in [0.3, 0.4) is 0 Å². The van der Waals surface area contributed by atoms with Crippen LogP contribution in [0.1, 0.15) is 38.8 Å². The molecule has 1 saturated heterocycles. The molecule has 1 aliphatic heterocycles. The number of esters is 1. The summed E-state index contributed by atoms with van der Waals surface area (Å²) in [7, 11) is 1.47. The number of carbonyl (C=O) groups is 1. The summed E-state index contributed by atoms with van der Waals surface area (Å²) in [5.74, 6) is -0.0490. The molecule has 4 atom stereocenters. The first kappa shape index (κ1) is 19.5. The van der Waals surface area contributed by atoms with Crippen molar-refractivity contribution in [2.24, 2.45) is 0 Å². The maximum absolute atomic E-state index is 11.8. The van der Waals surface area contributed by atoms with Gasteiger partial charge in [0.05, 0.1) is 13.4 Å². The fraction of sp³-hybridized carbons (Fsp3) is 0.647. The molecule has 2 aromatic rings. The van der Waals surface area contributed by atoms with Crippen LogP contribution < -0.4 is 4.74 Å². The van der Waals surface area contributed by atoms with Crippen molar-refractivity contribution < 1.29 is 29.2 Å². The van der Waals surface area contributed by atoms with Gasteiger partial charge in [0.1, 0.15) is 31.2 Å². The largest absolute Gasteiger partial charge is 0.479 e. The summed E-state index contributed by atoms with van der Waals surface area (Å²) in [5.41, 5.74) is 0.811. The Balaban J connectivity index is 1.67. The summed E-state index contributed by atoms with van der Waals surface area (Å²) in [5, 5.41) is 20.7. The molecule has 3 rings (SSSR count). The molecule has 0 aliphatic carbocycles. The summed E-state index contributed by atoms with van der Waals surface area (Å²) in [6, 6.07) is 0. The third-order valence-electron chi connectivity index (χ3n) is 4.52. The molecule has 1 aliphatic rings. The van der Waals surface area contributed by atoms with E-state index in [1.807, 2.05) is 0 Å². The van der Waals surface area contributed by atoms with Crippen LogP contribution >= 0.6 is 0 Å². The van der Waals surface area contributed by atoms with Crippen LogP contribution in [-0.4, -0.2) is 67.7 Å². The number of rotatable bonds is 8. The third kappa shape index (κ3) is 4.02. The van der Waals surface area contributed by atoms with Gasteiger partial charge in [-0.3, -0.25) is 9.36 Å². The number of nitrogens with zero attached hydrogens (tertiary/aromatic N) is 4. The molecule has 2 aromatic heterocycles. The molecule has 0 saturated carbocycles. The normalized spacial score (nSPS) is 25.0. The van der Waals surface area contributed by atoms with Gasteiger partial charge in [-0.2, -0.15) is 4.98 Å². The molecule has 3 heterocycles. The van der Waals surface area contributed by atoms with Gasteiger partial charge in [-0.1, -0.05) is 19.8 Å². The van der Waals surface area contributed by atoms with E-state index in [-0.39, 0.29) is 12.6 Å². The van der Waals surface area contributed by atoms with Crippen molar-refractivity contribution in [2.75, 3.05) is 13.7 Å². The quantitative estimate of drug-likeness (QED) is 0.499. The molecule has 0 bridgehead atoms. The van der Waals surface area contributed by atoms with E-state index in [9.17, 15) is 15.0 Å². The van der Waals surface area contributed by atoms with Crippen molar-refractivity contribution in [3.05, 3.63) is 12.7 Å². The number of unbranched alkanes of at least 4 members (excludes halogenated alkanes) is 2. The monoisotopic (exact) mass is 380 g/mol. The Morgan fingerprint density at radius 2 is 2.07 bits per heavy atom. The maximum Gasteiger partial charge on any atom is 0.305 e. The molecule has 27 heavy (non-hydrogen) atoms. The number of imidazole rings is 1. The molecule has 2 N–H and O–H groups in total. The number of aromatic nitrogens is 4. The highest BCUT2D eigenvalue weighted by molar-refractivity contribution is 5.76. The Bertz CT molecular complexity index is 782. The Morgan fingerprint density at radius 3 is 2.81 bits per heavy atom. The Morgan fingerprint density at radius 1 is 1.26 bits per heavy atom. The third-order valence-corrected chi connectivity index (χ3v) is 4.52. The van der Waals surface area contributed by atoms with Gasteiger partial charge in [-0.25, -0.2) is 9.97 Å². The van der Waals surface area contributed by atoms with Crippen molar-refractivity contribution in [1.82, 2.24) is 19.5 Å². The molecule has 0 aromatic carbocycles. The SMILES string of the molecule is CCCCCC(=O)OC[C@H]1O[C@@H](n2cnc3c(OC)ncnc32)[C@@H](O)[C@@H]1O. The molecule has 0 amide bonds. The average Bonchev–Trinajstić information content (AvgIpc) is 3.22. The number of carbonyl (C=O) groups excluding carboxylic acids is 1. The smallest absolute Gasteiger partial charge is 0.305 e. The first-order chi connectivity index (χ1) is 13.1. The number of hydrogen-bond acceptors (Lipinski definition) is 9. The number of aliphatic hydroxyl groups excluding tert-OH is 2. The van der Waals surface area contributed by atoms with Crippen molar-refractivity contribution in [3.8, 4) is 5.88 Å². The van der Waals surface area contributed by atoms with E-state index in [0.717, 1.165) is 19.3 Å². The summed E-state index contributed by atoms with van der Waals surface area (Å²) in [4.78, 5) is 24.1. The predicted octanol–water partition coefficient (Wildman–Crippen LogP) is 0.578. The number of aliphatic hydroxyl groups is 2. The van der Waals surface area contributed by atoms with Crippen molar-refractivity contribution >= 4 is 17.1 Å². The van der Waals surface area contributed by atoms with Gasteiger partial charge < -0.3 is 24.4 Å². The average molecular weight is 380 g/mol. The van der Waals surface area contributed by atoms with Gasteiger partial charge in [-0.05, 0) is 6.42 Å². The van der Waals surface area contributed by atoms with Crippen LogP contribution in [0.5, 0.6) is 5.88 Å². The second-order valence-corrected chi connectivity index (χ2v) is 6.39. The lowest BCUT2D eigenvalue weighted by molar-refractivity contribution is -0.150. The molecule has 1 fully saturated rings. The summed E-state index contributed by atoms with van der Waals surface area (Å²) >= 11 is 0. The van der Waals surface area contributed by atoms with E-state index in [1.165, 1.54) is 24.3 Å². The van der Waals surface area contributed by atoms with Crippen LogP contribution in [0.15, 0.2) is 12.7 Å². The topological polar surface area (TPSA) is 129 Å². The van der Waals surface area contributed by atoms with E-state index in [4.69, 9.17) is 14.2 Å². The number of methoxy groups -OCH3 is 1. The van der Waals surface area contributed by atoms with Crippen LogP contribution in [0.2, 0.25) is 0 Å². The van der Waals surface area contributed by atoms with Crippen LogP contribution in [0, 0.1) is 0 Å². The zero-order chi connectivity index (χ0) is 19.4. The lowest BCUT2D eigenvalue weighted by atomic mass is 10.1. The molecular formula is C17H24N4O6.